The molecule has 4 nitrogen and oxygen atoms in total. The summed E-state index contributed by atoms with van der Waals surface area (Å²) in [4.78, 5) is 24.5. The number of nitrogens with zero attached hydrogens (tertiary/aromatic N) is 1. The molecule has 0 aliphatic carbocycles. The summed E-state index contributed by atoms with van der Waals surface area (Å²) in [6.45, 7) is 2.50. The minimum absolute atomic E-state index is 0.149. The van der Waals surface area contributed by atoms with E-state index in [0.29, 0.717) is 37.2 Å². The van der Waals surface area contributed by atoms with E-state index in [1.54, 1.807) is 6.07 Å². The van der Waals surface area contributed by atoms with Crippen molar-refractivity contribution in [2.24, 2.45) is 11.7 Å². The number of anilines is 1. The molecule has 0 atom stereocenters. The number of nitrogens with two attached hydrogens (primary N) is 1. The number of carbonyl (C=O) groups excluding carboxylic acids is 2. The van der Waals surface area contributed by atoms with Crippen molar-refractivity contribution in [3.63, 3.8) is 0 Å². The van der Waals surface area contributed by atoms with Crippen LogP contribution in [-0.2, 0) is 4.79 Å². The number of benzene rings is 1. The maximum atomic E-state index is 14.0. The predicted octanol–water partition coefficient (Wildman–Crippen LogP) is 1.73. The highest BCUT2D eigenvalue weighted by Gasteiger charge is 2.26. The Bertz CT molecular complexity index is 508. The van der Waals surface area contributed by atoms with Crippen molar-refractivity contribution >= 4 is 17.4 Å². The molecule has 1 aromatic rings. The number of primary amides is 1. The second-order valence-corrected chi connectivity index (χ2v) is 4.86. The molecule has 0 unspecified atom stereocenters. The van der Waals surface area contributed by atoms with Gasteiger partial charge >= 0.3 is 0 Å². The zero-order chi connectivity index (χ0) is 14.0. The number of halogens is 1. The number of Topliss-reactive ketones (excluding diaryl/α,β-unsaturated/α-hetero) is 1. The number of rotatable bonds is 3. The van der Waals surface area contributed by atoms with Gasteiger partial charge in [-0.15, -0.1) is 0 Å². The fourth-order valence-corrected chi connectivity index (χ4v) is 2.51. The van der Waals surface area contributed by atoms with Crippen molar-refractivity contribution in [3.8, 4) is 0 Å². The number of amides is 1. The molecule has 0 bridgehead atoms. The molecule has 1 heterocycles. The summed E-state index contributed by atoms with van der Waals surface area (Å²) in [7, 11) is 0. The van der Waals surface area contributed by atoms with Gasteiger partial charge in [-0.25, -0.2) is 4.39 Å². The van der Waals surface area contributed by atoms with Gasteiger partial charge in [-0.2, -0.15) is 0 Å². The van der Waals surface area contributed by atoms with Gasteiger partial charge in [0.15, 0.2) is 5.78 Å². The Kier molecular flexibility index (Phi) is 3.83. The average molecular weight is 264 g/mol. The van der Waals surface area contributed by atoms with Crippen molar-refractivity contribution in [3.05, 3.63) is 29.6 Å². The molecule has 19 heavy (non-hydrogen) atoms. The van der Waals surface area contributed by atoms with E-state index in [1.807, 2.05) is 4.90 Å². The minimum atomic E-state index is -0.398. The Balaban J connectivity index is 2.24. The molecule has 0 radical (unpaired) electrons. The molecule has 5 heteroatoms. The van der Waals surface area contributed by atoms with Crippen LogP contribution in [0.25, 0.3) is 0 Å². The summed E-state index contributed by atoms with van der Waals surface area (Å²) in [6, 6.07) is 4.51. The topological polar surface area (TPSA) is 63.4 Å². The lowest BCUT2D eigenvalue weighted by Crippen LogP contribution is -2.39. The van der Waals surface area contributed by atoms with Gasteiger partial charge in [-0.1, -0.05) is 6.07 Å². The lowest BCUT2D eigenvalue weighted by atomic mass is 9.95. The number of piperidine rings is 1. The fourth-order valence-electron chi connectivity index (χ4n) is 2.51. The van der Waals surface area contributed by atoms with E-state index in [9.17, 15) is 14.0 Å². The second kappa shape index (κ2) is 5.38. The van der Waals surface area contributed by atoms with E-state index in [0.717, 1.165) is 0 Å². The van der Waals surface area contributed by atoms with Crippen molar-refractivity contribution in [2.45, 2.75) is 19.8 Å². The first-order chi connectivity index (χ1) is 9.00. The fraction of sp³-hybridized carbons (Fsp3) is 0.429. The first-order valence-electron chi connectivity index (χ1n) is 6.34. The summed E-state index contributed by atoms with van der Waals surface area (Å²) >= 11 is 0. The Morgan fingerprint density at radius 3 is 2.47 bits per heavy atom. The van der Waals surface area contributed by atoms with Crippen LogP contribution in [0.5, 0.6) is 0 Å². The van der Waals surface area contributed by atoms with Gasteiger partial charge < -0.3 is 10.6 Å². The van der Waals surface area contributed by atoms with Crippen LogP contribution in [0.4, 0.5) is 10.1 Å². The highest BCUT2D eigenvalue weighted by molar-refractivity contribution is 5.99. The summed E-state index contributed by atoms with van der Waals surface area (Å²) in [5.74, 6) is -1.01. The molecule has 1 fully saturated rings. The smallest absolute Gasteiger partial charge is 0.220 e. The third-order valence-electron chi connectivity index (χ3n) is 3.58. The monoisotopic (exact) mass is 264 g/mol. The van der Waals surface area contributed by atoms with Crippen LogP contribution in [0.15, 0.2) is 18.2 Å². The molecule has 0 spiro atoms. The number of para-hydroxylation sites is 1. The molecular formula is C14H17FN2O2. The number of hydrogen-bond acceptors (Lipinski definition) is 3. The summed E-state index contributed by atoms with van der Waals surface area (Å²) in [6.07, 6.45) is 1.20. The first kappa shape index (κ1) is 13.5. The quantitative estimate of drug-likeness (QED) is 0.846. The Morgan fingerprint density at radius 2 is 1.95 bits per heavy atom. The van der Waals surface area contributed by atoms with Crippen LogP contribution in [0.3, 0.4) is 0 Å². The Morgan fingerprint density at radius 1 is 1.32 bits per heavy atom. The predicted molar refractivity (Wildman–Crippen MR) is 70.5 cm³/mol. The van der Waals surface area contributed by atoms with E-state index >= 15 is 0 Å². The van der Waals surface area contributed by atoms with Gasteiger partial charge in [0.05, 0.1) is 5.69 Å². The third kappa shape index (κ3) is 2.75. The largest absolute Gasteiger partial charge is 0.369 e. The van der Waals surface area contributed by atoms with Crippen LogP contribution < -0.4 is 10.6 Å². The maximum absolute atomic E-state index is 14.0. The molecule has 0 aromatic heterocycles. The SMILES string of the molecule is CC(=O)c1cccc(F)c1N1CCC(C(N)=O)CC1. The standard InChI is InChI=1S/C14H17FN2O2/c1-9(18)11-3-2-4-12(15)13(11)17-7-5-10(6-8-17)14(16)19/h2-4,10H,5-8H2,1H3,(H2,16,19). The minimum Gasteiger partial charge on any atom is -0.369 e. The first-order valence-corrected chi connectivity index (χ1v) is 6.34. The van der Waals surface area contributed by atoms with Gasteiger partial charge in [0.25, 0.3) is 0 Å². The van der Waals surface area contributed by atoms with E-state index in [-0.39, 0.29) is 17.6 Å². The lowest BCUT2D eigenvalue weighted by Gasteiger charge is -2.33. The van der Waals surface area contributed by atoms with Crippen LogP contribution in [0.1, 0.15) is 30.1 Å². The Hall–Kier alpha value is -1.91. The molecule has 1 aromatic carbocycles. The summed E-state index contributed by atoms with van der Waals surface area (Å²) in [5.41, 5.74) is 6.01. The Labute approximate surface area is 111 Å². The molecule has 2 N–H and O–H groups in total. The third-order valence-corrected chi connectivity index (χ3v) is 3.58. The highest BCUT2D eigenvalue weighted by atomic mass is 19.1. The molecule has 1 amide bonds. The molecule has 1 aliphatic rings. The van der Waals surface area contributed by atoms with Crippen molar-refractivity contribution < 1.29 is 14.0 Å². The van der Waals surface area contributed by atoms with Gasteiger partial charge in [0, 0.05) is 24.6 Å². The zero-order valence-corrected chi connectivity index (χ0v) is 10.9. The highest BCUT2D eigenvalue weighted by Crippen LogP contribution is 2.29. The molecule has 102 valence electrons. The van der Waals surface area contributed by atoms with Gasteiger partial charge in [0.2, 0.25) is 5.91 Å². The average Bonchev–Trinajstić information content (AvgIpc) is 2.38. The molecular weight excluding hydrogens is 247 g/mol. The summed E-state index contributed by atoms with van der Waals surface area (Å²) in [5, 5.41) is 0. The number of carbonyl (C=O) groups is 2. The van der Waals surface area contributed by atoms with E-state index in [1.165, 1.54) is 19.1 Å². The van der Waals surface area contributed by atoms with Gasteiger partial charge in [-0.3, -0.25) is 9.59 Å². The second-order valence-electron chi connectivity index (χ2n) is 4.86. The van der Waals surface area contributed by atoms with Crippen LogP contribution in [-0.4, -0.2) is 24.8 Å². The zero-order valence-electron chi connectivity index (χ0n) is 10.9. The van der Waals surface area contributed by atoms with Crippen molar-refractivity contribution in [2.75, 3.05) is 18.0 Å². The van der Waals surface area contributed by atoms with E-state index in [2.05, 4.69) is 0 Å². The lowest BCUT2D eigenvalue weighted by molar-refractivity contribution is -0.122. The number of ketones is 1. The van der Waals surface area contributed by atoms with Crippen molar-refractivity contribution in [1.29, 1.82) is 0 Å². The number of hydrogen-bond donors (Lipinski definition) is 1. The molecule has 0 saturated carbocycles. The molecule has 1 saturated heterocycles. The van der Waals surface area contributed by atoms with Gasteiger partial charge in [0.1, 0.15) is 5.82 Å². The normalized spacial score (nSPS) is 16.4. The van der Waals surface area contributed by atoms with Crippen molar-refractivity contribution in [1.82, 2.24) is 0 Å². The van der Waals surface area contributed by atoms with Gasteiger partial charge in [-0.05, 0) is 31.9 Å². The maximum Gasteiger partial charge on any atom is 0.220 e. The molecule has 2 rings (SSSR count). The molecule has 1 aliphatic heterocycles. The van der Waals surface area contributed by atoms with E-state index < -0.39 is 5.82 Å². The van der Waals surface area contributed by atoms with Crippen LogP contribution >= 0.6 is 0 Å². The summed E-state index contributed by atoms with van der Waals surface area (Å²) < 4.78 is 14.0. The van der Waals surface area contributed by atoms with Crippen LogP contribution in [0, 0.1) is 11.7 Å². The van der Waals surface area contributed by atoms with Crippen LogP contribution in [0.2, 0.25) is 0 Å². The van der Waals surface area contributed by atoms with E-state index in [4.69, 9.17) is 5.73 Å².